The number of amides is 2. The molecule has 0 radical (unpaired) electrons. The van der Waals surface area contributed by atoms with Crippen molar-refractivity contribution in [2.24, 2.45) is 5.92 Å². The van der Waals surface area contributed by atoms with Gasteiger partial charge in [-0.2, -0.15) is 0 Å². The first-order chi connectivity index (χ1) is 15.0. The zero-order valence-electron chi connectivity index (χ0n) is 17.6. The molecule has 2 atom stereocenters. The van der Waals surface area contributed by atoms with E-state index in [1.807, 2.05) is 6.92 Å². The lowest BCUT2D eigenvalue weighted by Gasteiger charge is -2.24. The average Bonchev–Trinajstić information content (AvgIpc) is 3.16. The first-order valence-corrected chi connectivity index (χ1v) is 12.1. The highest BCUT2D eigenvalue weighted by molar-refractivity contribution is 7.91. The van der Waals surface area contributed by atoms with Crippen LogP contribution in [-0.4, -0.2) is 43.5 Å². The molecule has 3 rings (SSSR count). The van der Waals surface area contributed by atoms with Crippen molar-refractivity contribution < 1.29 is 26.8 Å². The summed E-state index contributed by atoms with van der Waals surface area (Å²) in [7, 11) is -3.49. The zero-order valence-corrected chi connectivity index (χ0v) is 19.1. The molecule has 0 unspecified atom stereocenters. The van der Waals surface area contributed by atoms with Crippen molar-refractivity contribution in [3.63, 3.8) is 0 Å². The molecular formula is C22H23ClF2N2O4S. The summed E-state index contributed by atoms with van der Waals surface area (Å²) in [6.07, 6.45) is 0.391. The second kappa shape index (κ2) is 9.54. The van der Waals surface area contributed by atoms with Gasteiger partial charge < -0.3 is 10.2 Å². The smallest absolute Gasteiger partial charge is 0.254 e. The fraction of sp³-hybridized carbons (Fsp3) is 0.364. The number of sulfone groups is 1. The van der Waals surface area contributed by atoms with E-state index >= 15 is 0 Å². The maximum absolute atomic E-state index is 14.0. The molecule has 0 spiro atoms. The fourth-order valence-corrected chi connectivity index (χ4v) is 4.75. The summed E-state index contributed by atoms with van der Waals surface area (Å²) >= 11 is 5.54. The van der Waals surface area contributed by atoms with Crippen molar-refractivity contribution >= 4 is 33.3 Å². The minimum Gasteiger partial charge on any atom is -0.350 e. The zero-order chi connectivity index (χ0) is 23.6. The molecule has 2 amide bonds. The Morgan fingerprint density at radius 1 is 1.19 bits per heavy atom. The number of halogens is 3. The lowest BCUT2D eigenvalue weighted by Crippen LogP contribution is -2.45. The maximum atomic E-state index is 14.0. The molecular weight excluding hydrogens is 462 g/mol. The van der Waals surface area contributed by atoms with Crippen molar-refractivity contribution in [3.8, 4) is 0 Å². The van der Waals surface area contributed by atoms with Gasteiger partial charge in [0, 0.05) is 24.2 Å². The van der Waals surface area contributed by atoms with Gasteiger partial charge in [0.15, 0.2) is 9.84 Å². The Morgan fingerprint density at radius 2 is 1.91 bits per heavy atom. The lowest BCUT2D eigenvalue weighted by molar-refractivity contribution is -0.125. The van der Waals surface area contributed by atoms with Crippen molar-refractivity contribution in [2.75, 3.05) is 12.3 Å². The van der Waals surface area contributed by atoms with Crippen LogP contribution in [0.1, 0.15) is 36.2 Å². The molecule has 1 saturated heterocycles. The quantitative estimate of drug-likeness (QED) is 0.635. The van der Waals surface area contributed by atoms with E-state index in [1.165, 1.54) is 36.1 Å². The van der Waals surface area contributed by atoms with Gasteiger partial charge >= 0.3 is 0 Å². The topological polar surface area (TPSA) is 83.6 Å². The van der Waals surface area contributed by atoms with Gasteiger partial charge in [0.2, 0.25) is 5.91 Å². The van der Waals surface area contributed by atoms with Crippen LogP contribution in [0.4, 0.5) is 8.78 Å². The van der Waals surface area contributed by atoms with Crippen LogP contribution in [0.5, 0.6) is 0 Å². The number of benzene rings is 2. The van der Waals surface area contributed by atoms with Crippen LogP contribution >= 0.6 is 11.6 Å². The minimum atomic E-state index is -3.49. The van der Waals surface area contributed by atoms with Gasteiger partial charge in [0.1, 0.15) is 17.7 Å². The highest BCUT2D eigenvalue weighted by Gasteiger charge is 2.38. The number of likely N-dealkylation sites (tertiary alicyclic amines) is 1. The van der Waals surface area contributed by atoms with Crippen LogP contribution in [-0.2, 0) is 21.2 Å². The molecule has 2 aromatic carbocycles. The molecule has 0 bridgehead atoms. The molecule has 1 aliphatic heterocycles. The number of nitrogens with one attached hydrogen (secondary N) is 1. The van der Waals surface area contributed by atoms with Crippen LogP contribution in [0.25, 0.3) is 0 Å². The predicted octanol–water partition coefficient (Wildman–Crippen LogP) is 3.58. The molecule has 0 aliphatic carbocycles. The molecule has 1 aliphatic rings. The Bertz CT molecular complexity index is 1160. The molecule has 32 heavy (non-hydrogen) atoms. The number of carbonyl (C=O) groups is 2. The Labute approximate surface area is 190 Å². The van der Waals surface area contributed by atoms with Gasteiger partial charge in [-0.3, -0.25) is 9.59 Å². The molecule has 1 heterocycles. The number of hydrogen-bond donors (Lipinski definition) is 1. The Kier molecular flexibility index (Phi) is 7.19. The third-order valence-electron chi connectivity index (χ3n) is 5.44. The SMILES string of the molecule is CCS(=O)(=O)c1cccc(C(=O)N2C[C@H](C)C[C@@H]2C(=O)NCc2cc(F)c(Cl)cc2F)c1. The summed E-state index contributed by atoms with van der Waals surface area (Å²) in [5.41, 5.74) is 0.0962. The van der Waals surface area contributed by atoms with E-state index in [4.69, 9.17) is 11.6 Å². The molecule has 0 aromatic heterocycles. The van der Waals surface area contributed by atoms with E-state index in [9.17, 15) is 26.8 Å². The van der Waals surface area contributed by atoms with Crippen molar-refractivity contribution in [2.45, 2.75) is 37.8 Å². The van der Waals surface area contributed by atoms with Gasteiger partial charge in [-0.15, -0.1) is 0 Å². The van der Waals surface area contributed by atoms with E-state index in [-0.39, 0.29) is 39.3 Å². The third-order valence-corrected chi connectivity index (χ3v) is 7.46. The number of nitrogens with zero attached hydrogens (tertiary/aromatic N) is 1. The average molecular weight is 485 g/mol. The monoisotopic (exact) mass is 484 g/mol. The summed E-state index contributed by atoms with van der Waals surface area (Å²) in [6, 6.07) is 6.66. The minimum absolute atomic E-state index is 0.0296. The molecule has 172 valence electrons. The van der Waals surface area contributed by atoms with E-state index in [0.29, 0.717) is 13.0 Å². The normalized spacial score (nSPS) is 18.6. The Balaban J connectivity index is 1.78. The standard InChI is InChI=1S/C22H23ClF2N2O4S/c1-3-32(30,31)16-6-4-5-14(8-16)22(29)27-12-13(2)7-20(27)21(28)26-11-15-9-19(25)17(23)10-18(15)24/h4-6,8-10,13,20H,3,7,11-12H2,1-2H3,(H,26,28)/t13-,20-/m1/s1. The largest absolute Gasteiger partial charge is 0.350 e. The summed E-state index contributed by atoms with van der Waals surface area (Å²) in [6.45, 7) is 3.45. The van der Waals surface area contributed by atoms with Crippen molar-refractivity contribution in [1.82, 2.24) is 10.2 Å². The molecule has 6 nitrogen and oxygen atoms in total. The fourth-order valence-electron chi connectivity index (χ4n) is 3.67. The van der Waals surface area contributed by atoms with Crippen molar-refractivity contribution in [3.05, 3.63) is 64.2 Å². The van der Waals surface area contributed by atoms with E-state index < -0.39 is 39.3 Å². The second-order valence-electron chi connectivity index (χ2n) is 7.82. The maximum Gasteiger partial charge on any atom is 0.254 e. The summed E-state index contributed by atoms with van der Waals surface area (Å²) in [4.78, 5) is 27.3. The first kappa shape index (κ1) is 24.1. The summed E-state index contributed by atoms with van der Waals surface area (Å²) < 4.78 is 51.9. The van der Waals surface area contributed by atoms with Crippen LogP contribution in [0, 0.1) is 17.6 Å². The highest BCUT2D eigenvalue weighted by Crippen LogP contribution is 2.26. The van der Waals surface area contributed by atoms with E-state index in [2.05, 4.69) is 5.32 Å². The van der Waals surface area contributed by atoms with E-state index in [1.54, 1.807) is 0 Å². The van der Waals surface area contributed by atoms with Crippen LogP contribution in [0.3, 0.4) is 0 Å². The molecule has 10 heteroatoms. The van der Waals surface area contributed by atoms with Crippen LogP contribution in [0.15, 0.2) is 41.3 Å². The van der Waals surface area contributed by atoms with E-state index in [0.717, 1.165) is 12.1 Å². The van der Waals surface area contributed by atoms with Gasteiger partial charge in [-0.05, 0) is 42.7 Å². The second-order valence-corrected chi connectivity index (χ2v) is 10.5. The van der Waals surface area contributed by atoms with Crippen molar-refractivity contribution in [1.29, 1.82) is 0 Å². The lowest BCUT2D eigenvalue weighted by atomic mass is 10.1. The first-order valence-electron chi connectivity index (χ1n) is 10.1. The molecule has 1 N–H and O–H groups in total. The molecule has 2 aromatic rings. The number of rotatable bonds is 6. The molecule has 0 saturated carbocycles. The Hall–Kier alpha value is -2.52. The van der Waals surface area contributed by atoms with Gasteiger partial charge in [-0.1, -0.05) is 31.5 Å². The highest BCUT2D eigenvalue weighted by atomic mass is 35.5. The molecule has 1 fully saturated rings. The van der Waals surface area contributed by atoms with Crippen LogP contribution < -0.4 is 5.32 Å². The van der Waals surface area contributed by atoms with Gasteiger partial charge in [0.05, 0.1) is 15.7 Å². The van der Waals surface area contributed by atoms with Gasteiger partial charge in [0.25, 0.3) is 5.91 Å². The predicted molar refractivity (Wildman–Crippen MR) is 116 cm³/mol. The summed E-state index contributed by atoms with van der Waals surface area (Å²) in [5, 5.41) is 2.20. The number of hydrogen-bond acceptors (Lipinski definition) is 4. The Morgan fingerprint density at radius 3 is 2.59 bits per heavy atom. The summed E-state index contributed by atoms with van der Waals surface area (Å²) in [5.74, 6) is -2.59. The number of carbonyl (C=O) groups excluding carboxylic acids is 2. The third kappa shape index (κ3) is 5.10. The van der Waals surface area contributed by atoms with Crippen LogP contribution in [0.2, 0.25) is 5.02 Å². The van der Waals surface area contributed by atoms with Gasteiger partial charge in [-0.25, -0.2) is 17.2 Å².